The number of hydrogen-bond donors (Lipinski definition) is 2. The van der Waals surface area contributed by atoms with Gasteiger partial charge in [-0.2, -0.15) is 8.42 Å². The highest BCUT2D eigenvalue weighted by molar-refractivity contribution is 7.72. The molecule has 6 aromatic rings. The summed E-state index contributed by atoms with van der Waals surface area (Å²) in [5.41, 5.74) is 4.02. The van der Waals surface area contributed by atoms with Crippen molar-refractivity contribution in [3.8, 4) is 22.8 Å². The summed E-state index contributed by atoms with van der Waals surface area (Å²) in [5.74, 6) is 1.23. The topological polar surface area (TPSA) is 128 Å². The summed E-state index contributed by atoms with van der Waals surface area (Å²) in [6, 6.07) is 20.2. The van der Waals surface area contributed by atoms with Crippen LogP contribution < -0.4 is 20.1 Å². The molecule has 250 valence electrons. The number of hydrogen-bond acceptors (Lipinski definition) is 10. The van der Waals surface area contributed by atoms with Gasteiger partial charge in [-0.05, 0) is 60.5 Å². The minimum Gasteiger partial charge on any atom is -0.496 e. The first kappa shape index (κ1) is 33.9. The molecule has 1 atom stereocenters. The summed E-state index contributed by atoms with van der Waals surface area (Å²) in [4.78, 5) is 18.2. The fourth-order valence-electron chi connectivity index (χ4n) is 5.10. The van der Waals surface area contributed by atoms with E-state index in [1.807, 2.05) is 36.6 Å². The lowest BCUT2D eigenvalue weighted by molar-refractivity contribution is 0.306. The molecule has 10 nitrogen and oxygen atoms in total. The van der Waals surface area contributed by atoms with E-state index < -0.39 is 10.3 Å². The number of thiazole rings is 1. The van der Waals surface area contributed by atoms with Gasteiger partial charge in [-0.1, -0.05) is 36.7 Å². The van der Waals surface area contributed by atoms with Gasteiger partial charge < -0.3 is 14.8 Å². The minimum absolute atomic E-state index is 0.143. The number of halogens is 2. The van der Waals surface area contributed by atoms with Crippen LogP contribution in [0, 0.1) is 5.82 Å². The summed E-state index contributed by atoms with van der Waals surface area (Å²) in [6.07, 6.45) is 3.84. The van der Waals surface area contributed by atoms with Gasteiger partial charge in [-0.15, -0.1) is 11.3 Å². The molecule has 0 spiro atoms. The highest BCUT2D eigenvalue weighted by atomic mass is 35.5. The van der Waals surface area contributed by atoms with E-state index in [9.17, 15) is 12.8 Å². The number of benzene rings is 3. The number of anilines is 2. The first-order chi connectivity index (χ1) is 23.8. The third kappa shape index (κ3) is 8.20. The first-order valence-corrected chi connectivity index (χ1v) is 17.5. The van der Waals surface area contributed by atoms with Crippen molar-refractivity contribution >= 4 is 60.6 Å². The van der Waals surface area contributed by atoms with E-state index in [1.165, 1.54) is 29.8 Å². The predicted molar refractivity (Wildman–Crippen MR) is 191 cm³/mol. The molecule has 0 radical (unpaired) electrons. The van der Waals surface area contributed by atoms with Gasteiger partial charge in [0, 0.05) is 46.4 Å². The first-order valence-electron chi connectivity index (χ1n) is 15.1. The van der Waals surface area contributed by atoms with E-state index in [2.05, 4.69) is 25.6 Å². The van der Waals surface area contributed by atoms with Crippen molar-refractivity contribution in [3.05, 3.63) is 118 Å². The molecule has 3 heterocycles. The van der Waals surface area contributed by atoms with Crippen LogP contribution in [0.25, 0.3) is 22.2 Å². The van der Waals surface area contributed by atoms with Crippen molar-refractivity contribution in [1.82, 2.24) is 25.3 Å². The van der Waals surface area contributed by atoms with Crippen LogP contribution in [0.1, 0.15) is 35.7 Å². The Hall–Kier alpha value is -4.95. The maximum absolute atomic E-state index is 13.5. The molecular formula is C35H30ClFN6O4S2. The Kier molecular flexibility index (Phi) is 10.7. The second kappa shape index (κ2) is 15.5. The zero-order valence-corrected chi connectivity index (χ0v) is 28.7. The lowest BCUT2D eigenvalue weighted by Crippen LogP contribution is -2.30. The van der Waals surface area contributed by atoms with Crippen LogP contribution in [0.3, 0.4) is 0 Å². The van der Waals surface area contributed by atoms with Gasteiger partial charge in [0.25, 0.3) is 0 Å². The maximum Gasteiger partial charge on any atom is 0.228 e. The minimum atomic E-state index is -2.46. The number of nitrogens with one attached hydrogen (secondary N) is 2. The van der Waals surface area contributed by atoms with Crippen molar-refractivity contribution in [2.24, 2.45) is 0 Å². The van der Waals surface area contributed by atoms with E-state index in [0.717, 1.165) is 10.6 Å². The van der Waals surface area contributed by atoms with Crippen molar-refractivity contribution in [2.45, 2.75) is 32.4 Å². The van der Waals surface area contributed by atoms with Crippen LogP contribution in [0.2, 0.25) is 5.02 Å². The normalized spacial score (nSPS) is 11.7. The largest absolute Gasteiger partial charge is 0.496 e. The fraction of sp³-hybridized carbons (Fsp3) is 0.171. The van der Waals surface area contributed by atoms with E-state index in [-0.39, 0.29) is 29.9 Å². The average Bonchev–Trinajstić information content (AvgIpc) is 3.59. The Bertz CT molecular complexity index is 2240. The molecule has 0 aliphatic carbocycles. The Morgan fingerprint density at radius 1 is 1.02 bits per heavy atom. The number of nitrogens with zero attached hydrogens (tertiary/aromatic N) is 4. The maximum atomic E-state index is 13.5. The molecular weight excluding hydrogens is 687 g/mol. The van der Waals surface area contributed by atoms with Gasteiger partial charge in [0.2, 0.25) is 10.3 Å². The van der Waals surface area contributed by atoms with Gasteiger partial charge in [-0.3, -0.25) is 10.3 Å². The standard InChI is InChI=1S/C35H30ClFN6O4S2/c1-3-28(42-33(49(44)45)15-23-9-4-5-12-38-23)35-43-30(19-48-35)25-16-26-29(17-32(25)46-2)39-20-40-34(26)41-24-10-11-31(27(36)14-24)47-18-21-7-6-8-22(37)13-21/h4-14,16-17,19-20,28,42H,3,15,18H2,1-2H3,(H,39,40,41). The molecule has 6 rings (SSSR count). The summed E-state index contributed by atoms with van der Waals surface area (Å²) >= 11 is 7.97. The monoisotopic (exact) mass is 716 g/mol. The second-order valence-electron chi connectivity index (χ2n) is 10.8. The Balaban J connectivity index is 1.24. The lowest BCUT2D eigenvalue weighted by atomic mass is 10.1. The van der Waals surface area contributed by atoms with Crippen LogP contribution in [-0.2, 0) is 23.3 Å². The van der Waals surface area contributed by atoms with Crippen molar-refractivity contribution in [1.29, 1.82) is 0 Å². The van der Waals surface area contributed by atoms with E-state index in [4.69, 9.17) is 26.1 Å². The summed E-state index contributed by atoms with van der Waals surface area (Å²) in [5, 5.41) is 10.2. The number of rotatable bonds is 12. The zero-order valence-electron chi connectivity index (χ0n) is 26.4. The van der Waals surface area contributed by atoms with Crippen molar-refractivity contribution < 1.29 is 22.3 Å². The van der Waals surface area contributed by atoms with E-state index in [0.29, 0.717) is 62.3 Å². The number of ether oxygens (including phenoxy) is 2. The molecule has 3 aromatic heterocycles. The van der Waals surface area contributed by atoms with Gasteiger partial charge in [0.15, 0.2) is 0 Å². The molecule has 3 aromatic carbocycles. The highest BCUT2D eigenvalue weighted by Gasteiger charge is 2.20. The Labute approximate surface area is 292 Å². The summed E-state index contributed by atoms with van der Waals surface area (Å²) in [7, 11) is -0.878. The van der Waals surface area contributed by atoms with Crippen LogP contribution in [0.15, 0.2) is 90.7 Å². The van der Waals surface area contributed by atoms with Crippen LogP contribution in [0.5, 0.6) is 11.5 Å². The average molecular weight is 717 g/mol. The quantitative estimate of drug-likeness (QED) is 0.122. The number of aromatic nitrogens is 4. The molecule has 0 saturated heterocycles. The number of fused-ring (bicyclic) bond motifs is 1. The third-order valence-electron chi connectivity index (χ3n) is 7.54. The number of methoxy groups -OCH3 is 1. The molecule has 0 aliphatic rings. The SMILES string of the molecule is CCC(NC(Cc1ccccn1)=S(=O)=O)c1nc(-c2cc3c(Nc4ccc(OCc5cccc(F)c5)c(Cl)c4)ncnc3cc2OC)cs1. The predicted octanol–water partition coefficient (Wildman–Crippen LogP) is 7.56. The third-order valence-corrected chi connectivity index (χ3v) is 9.46. The van der Waals surface area contributed by atoms with Crippen molar-refractivity contribution in [2.75, 3.05) is 12.4 Å². The van der Waals surface area contributed by atoms with Gasteiger partial charge >= 0.3 is 0 Å². The lowest BCUT2D eigenvalue weighted by Gasteiger charge is -2.15. The van der Waals surface area contributed by atoms with Crippen molar-refractivity contribution in [3.63, 3.8) is 0 Å². The van der Waals surface area contributed by atoms with Gasteiger partial charge in [-0.25, -0.2) is 19.3 Å². The fourth-order valence-corrected chi connectivity index (χ4v) is 6.79. The Morgan fingerprint density at radius 2 is 1.90 bits per heavy atom. The van der Waals surface area contributed by atoms with Crippen LogP contribution in [-0.4, -0.2) is 40.5 Å². The second-order valence-corrected chi connectivity index (χ2v) is 13.1. The molecule has 49 heavy (non-hydrogen) atoms. The molecule has 2 N–H and O–H groups in total. The number of pyridine rings is 1. The molecule has 0 saturated carbocycles. The van der Waals surface area contributed by atoms with E-state index in [1.54, 1.807) is 49.7 Å². The summed E-state index contributed by atoms with van der Waals surface area (Å²) < 4.78 is 49.3. The summed E-state index contributed by atoms with van der Waals surface area (Å²) in [6.45, 7) is 2.13. The zero-order chi connectivity index (χ0) is 34.3. The molecule has 14 heteroatoms. The molecule has 0 amide bonds. The Morgan fingerprint density at radius 3 is 2.63 bits per heavy atom. The van der Waals surface area contributed by atoms with E-state index >= 15 is 0 Å². The molecule has 0 aliphatic heterocycles. The van der Waals surface area contributed by atoms with Crippen LogP contribution >= 0.6 is 22.9 Å². The molecule has 0 bridgehead atoms. The molecule has 0 fully saturated rings. The highest BCUT2D eigenvalue weighted by Crippen LogP contribution is 2.38. The van der Waals surface area contributed by atoms with Crippen LogP contribution in [0.4, 0.5) is 15.9 Å². The van der Waals surface area contributed by atoms with Gasteiger partial charge in [0.1, 0.15) is 46.1 Å². The smallest absolute Gasteiger partial charge is 0.228 e. The van der Waals surface area contributed by atoms with Gasteiger partial charge in [0.05, 0.1) is 29.4 Å². The molecule has 1 unspecified atom stereocenters.